The molecule has 88 valence electrons. The maximum Gasteiger partial charge on any atom is 0.220 e. The number of nitrogens with one attached hydrogen (secondary N) is 1. The van der Waals surface area contributed by atoms with Crippen LogP contribution in [0.2, 0.25) is 0 Å². The Kier molecular flexibility index (Phi) is 5.09. The van der Waals surface area contributed by atoms with Crippen LogP contribution in [0.4, 0.5) is 0 Å². The van der Waals surface area contributed by atoms with Crippen LogP contribution in [0.3, 0.4) is 0 Å². The van der Waals surface area contributed by atoms with E-state index in [9.17, 15) is 4.79 Å². The summed E-state index contributed by atoms with van der Waals surface area (Å²) in [5.41, 5.74) is 5.92. The molecule has 0 spiro atoms. The van der Waals surface area contributed by atoms with Crippen LogP contribution < -0.4 is 11.1 Å². The minimum atomic E-state index is 0.215. The second kappa shape index (κ2) is 6.11. The third-order valence-electron chi connectivity index (χ3n) is 3.30. The number of carbonyl (C=O) groups excluding carboxylic acids is 1. The summed E-state index contributed by atoms with van der Waals surface area (Å²) in [5.74, 6) is 0.215. The Balaban J connectivity index is 2.06. The van der Waals surface area contributed by atoms with Crippen molar-refractivity contribution in [2.24, 2.45) is 11.1 Å². The van der Waals surface area contributed by atoms with Gasteiger partial charge in [-0.25, -0.2) is 0 Å². The second-order valence-corrected chi connectivity index (χ2v) is 4.77. The number of unbranched alkanes of at least 4 members (excludes halogenated alkanes) is 2. The maximum atomic E-state index is 11.5. The molecule has 0 aromatic carbocycles. The first-order valence-corrected chi connectivity index (χ1v) is 6.19. The van der Waals surface area contributed by atoms with E-state index in [1.807, 2.05) is 0 Å². The Bertz CT molecular complexity index is 200. The van der Waals surface area contributed by atoms with Crippen LogP contribution in [0.15, 0.2) is 0 Å². The Morgan fingerprint density at radius 3 is 2.67 bits per heavy atom. The van der Waals surface area contributed by atoms with Crippen molar-refractivity contribution >= 4 is 5.91 Å². The molecule has 1 saturated carbocycles. The van der Waals surface area contributed by atoms with Crippen LogP contribution in [-0.4, -0.2) is 19.0 Å². The smallest absolute Gasteiger partial charge is 0.220 e. The van der Waals surface area contributed by atoms with Gasteiger partial charge in [-0.15, -0.1) is 0 Å². The molecule has 15 heavy (non-hydrogen) atoms. The minimum absolute atomic E-state index is 0.215. The molecule has 0 aromatic rings. The molecule has 0 saturated heterocycles. The minimum Gasteiger partial charge on any atom is -0.356 e. The fourth-order valence-electron chi connectivity index (χ4n) is 1.91. The summed E-state index contributed by atoms with van der Waals surface area (Å²) in [6, 6.07) is 0. The summed E-state index contributed by atoms with van der Waals surface area (Å²) in [7, 11) is 0. The Labute approximate surface area is 92.8 Å². The molecule has 1 aliphatic rings. The van der Waals surface area contributed by atoms with Gasteiger partial charge in [-0.05, 0) is 37.6 Å². The molecule has 3 heteroatoms. The Morgan fingerprint density at radius 2 is 2.13 bits per heavy atom. The van der Waals surface area contributed by atoms with E-state index in [4.69, 9.17) is 5.73 Å². The first-order valence-electron chi connectivity index (χ1n) is 6.19. The van der Waals surface area contributed by atoms with E-state index in [0.29, 0.717) is 11.8 Å². The van der Waals surface area contributed by atoms with Gasteiger partial charge in [0.1, 0.15) is 0 Å². The van der Waals surface area contributed by atoms with Crippen LogP contribution in [0, 0.1) is 5.41 Å². The fraction of sp³-hybridized carbons (Fsp3) is 0.917. The van der Waals surface area contributed by atoms with Gasteiger partial charge in [-0.1, -0.05) is 19.8 Å². The maximum absolute atomic E-state index is 11.5. The summed E-state index contributed by atoms with van der Waals surface area (Å²) in [5, 5.41) is 3.03. The molecule has 0 aliphatic heterocycles. The second-order valence-electron chi connectivity index (χ2n) is 4.77. The van der Waals surface area contributed by atoms with Gasteiger partial charge in [0, 0.05) is 13.0 Å². The van der Waals surface area contributed by atoms with Crippen LogP contribution in [0.1, 0.15) is 51.9 Å². The number of hydrogen-bond donors (Lipinski definition) is 2. The molecule has 1 fully saturated rings. The predicted molar refractivity (Wildman–Crippen MR) is 62.5 cm³/mol. The first-order chi connectivity index (χ1) is 7.22. The van der Waals surface area contributed by atoms with Gasteiger partial charge in [-0.2, -0.15) is 0 Å². The molecule has 0 aromatic heterocycles. The van der Waals surface area contributed by atoms with E-state index >= 15 is 0 Å². The molecule has 0 radical (unpaired) electrons. The van der Waals surface area contributed by atoms with E-state index < -0.39 is 0 Å². The predicted octanol–water partition coefficient (Wildman–Crippen LogP) is 1.81. The highest BCUT2D eigenvalue weighted by atomic mass is 16.1. The first kappa shape index (κ1) is 12.5. The molecular weight excluding hydrogens is 188 g/mol. The zero-order chi connectivity index (χ0) is 11.1. The van der Waals surface area contributed by atoms with Crippen LogP contribution in [0.25, 0.3) is 0 Å². The third kappa shape index (κ3) is 4.65. The van der Waals surface area contributed by atoms with E-state index in [1.54, 1.807) is 0 Å². The quantitative estimate of drug-likeness (QED) is 0.603. The van der Waals surface area contributed by atoms with Crippen molar-refractivity contribution < 1.29 is 4.79 Å². The van der Waals surface area contributed by atoms with Gasteiger partial charge < -0.3 is 11.1 Å². The van der Waals surface area contributed by atoms with Crippen molar-refractivity contribution in [2.45, 2.75) is 51.9 Å². The number of rotatable bonds is 8. The lowest BCUT2D eigenvalue weighted by atomic mass is 10.0. The molecule has 0 atom stereocenters. The number of nitrogens with two attached hydrogens (primary N) is 1. The molecule has 0 unspecified atom stereocenters. The summed E-state index contributed by atoms with van der Waals surface area (Å²) >= 11 is 0. The van der Waals surface area contributed by atoms with Crippen molar-refractivity contribution in [3.05, 3.63) is 0 Å². The van der Waals surface area contributed by atoms with Crippen molar-refractivity contribution in [2.75, 3.05) is 13.1 Å². The van der Waals surface area contributed by atoms with E-state index in [0.717, 1.165) is 32.4 Å². The Hall–Kier alpha value is -0.570. The van der Waals surface area contributed by atoms with Crippen molar-refractivity contribution in [3.63, 3.8) is 0 Å². The third-order valence-corrected chi connectivity index (χ3v) is 3.30. The van der Waals surface area contributed by atoms with Crippen LogP contribution in [-0.2, 0) is 4.79 Å². The average molecular weight is 212 g/mol. The number of amides is 1. The highest BCUT2D eigenvalue weighted by Gasteiger charge is 2.41. The van der Waals surface area contributed by atoms with Gasteiger partial charge in [-0.3, -0.25) is 4.79 Å². The summed E-state index contributed by atoms with van der Waals surface area (Å²) in [6.07, 6.45) is 7.56. The van der Waals surface area contributed by atoms with Gasteiger partial charge in [0.05, 0.1) is 0 Å². The van der Waals surface area contributed by atoms with Gasteiger partial charge in [0.2, 0.25) is 5.91 Å². The lowest BCUT2D eigenvalue weighted by Gasteiger charge is -2.14. The standard InChI is InChI=1S/C12H24N2O/c1-2-3-4-5-11(15)14-10-12(6-7-12)8-9-13/h2-10,13H2,1H3,(H,14,15). The zero-order valence-electron chi connectivity index (χ0n) is 9.85. The number of hydrogen-bond acceptors (Lipinski definition) is 2. The highest BCUT2D eigenvalue weighted by molar-refractivity contribution is 5.75. The summed E-state index contributed by atoms with van der Waals surface area (Å²) in [6.45, 7) is 3.74. The van der Waals surface area contributed by atoms with Gasteiger partial charge in [0.25, 0.3) is 0 Å². The molecule has 1 amide bonds. The lowest BCUT2D eigenvalue weighted by molar-refractivity contribution is -0.121. The molecule has 1 rings (SSSR count). The fourth-order valence-corrected chi connectivity index (χ4v) is 1.91. The molecule has 3 nitrogen and oxygen atoms in total. The van der Waals surface area contributed by atoms with E-state index in [1.165, 1.54) is 19.3 Å². The van der Waals surface area contributed by atoms with Crippen LogP contribution >= 0.6 is 0 Å². The molecule has 3 N–H and O–H groups in total. The summed E-state index contributed by atoms with van der Waals surface area (Å²) < 4.78 is 0. The van der Waals surface area contributed by atoms with Crippen molar-refractivity contribution in [1.82, 2.24) is 5.32 Å². The molecule has 1 aliphatic carbocycles. The monoisotopic (exact) mass is 212 g/mol. The van der Waals surface area contributed by atoms with Gasteiger partial charge >= 0.3 is 0 Å². The van der Waals surface area contributed by atoms with E-state index in [2.05, 4.69) is 12.2 Å². The van der Waals surface area contributed by atoms with Crippen LogP contribution in [0.5, 0.6) is 0 Å². The van der Waals surface area contributed by atoms with Crippen molar-refractivity contribution in [3.8, 4) is 0 Å². The zero-order valence-corrected chi connectivity index (χ0v) is 9.85. The summed E-state index contributed by atoms with van der Waals surface area (Å²) in [4.78, 5) is 11.5. The SMILES string of the molecule is CCCCCC(=O)NCC1(CCN)CC1. The largest absolute Gasteiger partial charge is 0.356 e. The normalized spacial score (nSPS) is 17.5. The average Bonchev–Trinajstić information content (AvgIpc) is 2.97. The number of carbonyl (C=O) groups is 1. The highest BCUT2D eigenvalue weighted by Crippen LogP contribution is 2.47. The van der Waals surface area contributed by atoms with E-state index in [-0.39, 0.29) is 5.91 Å². The van der Waals surface area contributed by atoms with Crippen molar-refractivity contribution in [1.29, 1.82) is 0 Å². The Morgan fingerprint density at radius 1 is 1.40 bits per heavy atom. The molecule has 0 bridgehead atoms. The molecule has 0 heterocycles. The van der Waals surface area contributed by atoms with Gasteiger partial charge in [0.15, 0.2) is 0 Å². The molecular formula is C12H24N2O. The lowest BCUT2D eigenvalue weighted by Crippen LogP contribution is -2.31. The topological polar surface area (TPSA) is 55.1 Å².